The van der Waals surface area contributed by atoms with Gasteiger partial charge >= 0.3 is 11.9 Å². The first kappa shape index (κ1) is 19.1. The van der Waals surface area contributed by atoms with Gasteiger partial charge in [0.15, 0.2) is 0 Å². The van der Waals surface area contributed by atoms with Crippen molar-refractivity contribution in [2.45, 2.75) is 58.0 Å². The third-order valence-corrected chi connectivity index (χ3v) is 5.91. The van der Waals surface area contributed by atoms with E-state index in [1.807, 2.05) is 6.08 Å². The summed E-state index contributed by atoms with van der Waals surface area (Å²) >= 11 is 0. The SMILES string of the molecule is C/C(=C\C12CC3CC(CC(O)(C3)C1)C2)C(=O)O/C=C(\C)C(=O)OCCO. The van der Waals surface area contributed by atoms with Crippen LogP contribution >= 0.6 is 0 Å². The summed E-state index contributed by atoms with van der Waals surface area (Å²) in [6.07, 6.45) is 8.83. The molecule has 4 rings (SSSR count). The molecule has 0 spiro atoms. The fourth-order valence-corrected chi connectivity index (χ4v) is 5.51. The van der Waals surface area contributed by atoms with Crippen molar-refractivity contribution in [3.05, 3.63) is 23.5 Å². The highest BCUT2D eigenvalue weighted by Crippen LogP contribution is 2.62. The van der Waals surface area contributed by atoms with Gasteiger partial charge in [-0.1, -0.05) is 6.08 Å². The lowest BCUT2D eigenvalue weighted by atomic mass is 9.48. The van der Waals surface area contributed by atoms with Crippen LogP contribution < -0.4 is 0 Å². The number of ether oxygens (including phenoxy) is 2. The first-order valence-electron chi connectivity index (χ1n) is 9.32. The van der Waals surface area contributed by atoms with Gasteiger partial charge in [0, 0.05) is 5.57 Å². The second-order valence-electron chi connectivity index (χ2n) is 8.44. The zero-order valence-electron chi connectivity index (χ0n) is 15.5. The van der Waals surface area contributed by atoms with E-state index in [0.717, 1.165) is 38.4 Å². The molecule has 4 saturated carbocycles. The minimum atomic E-state index is -0.628. The third kappa shape index (κ3) is 4.01. The van der Waals surface area contributed by atoms with Crippen LogP contribution in [0.1, 0.15) is 52.4 Å². The molecule has 0 aliphatic heterocycles. The molecule has 4 aliphatic carbocycles. The van der Waals surface area contributed by atoms with E-state index in [2.05, 4.69) is 0 Å². The van der Waals surface area contributed by atoms with Crippen LogP contribution in [-0.2, 0) is 19.1 Å². The van der Waals surface area contributed by atoms with E-state index < -0.39 is 17.5 Å². The van der Waals surface area contributed by atoms with E-state index in [9.17, 15) is 14.7 Å². The summed E-state index contributed by atoms with van der Waals surface area (Å²) in [7, 11) is 0. The number of hydrogen-bond donors (Lipinski definition) is 2. The van der Waals surface area contributed by atoms with Crippen molar-refractivity contribution in [2.75, 3.05) is 13.2 Å². The van der Waals surface area contributed by atoms with Crippen molar-refractivity contribution >= 4 is 11.9 Å². The summed E-state index contributed by atoms with van der Waals surface area (Å²) in [6, 6.07) is 0. The predicted octanol–water partition coefficient (Wildman–Crippen LogP) is 2.25. The summed E-state index contributed by atoms with van der Waals surface area (Å²) in [5, 5.41) is 19.5. The van der Waals surface area contributed by atoms with Gasteiger partial charge in [0.05, 0.1) is 17.8 Å². The molecule has 2 N–H and O–H groups in total. The lowest BCUT2D eigenvalue weighted by molar-refractivity contribution is -0.149. The monoisotopic (exact) mass is 364 g/mol. The van der Waals surface area contributed by atoms with E-state index >= 15 is 0 Å². The molecule has 6 nitrogen and oxygen atoms in total. The number of allylic oxidation sites excluding steroid dienone is 1. The minimum absolute atomic E-state index is 0.0926. The molecule has 0 radical (unpaired) electrons. The number of rotatable bonds is 6. The Morgan fingerprint density at radius 1 is 1.08 bits per heavy atom. The average Bonchev–Trinajstić information content (AvgIpc) is 2.54. The van der Waals surface area contributed by atoms with Gasteiger partial charge in [0.25, 0.3) is 0 Å². The molecule has 0 amide bonds. The van der Waals surface area contributed by atoms with Crippen molar-refractivity contribution in [2.24, 2.45) is 17.3 Å². The van der Waals surface area contributed by atoms with Crippen molar-refractivity contribution in [3.63, 3.8) is 0 Å². The smallest absolute Gasteiger partial charge is 0.338 e. The van der Waals surface area contributed by atoms with E-state index in [0.29, 0.717) is 17.4 Å². The number of hydrogen-bond acceptors (Lipinski definition) is 6. The van der Waals surface area contributed by atoms with Crippen molar-refractivity contribution in [3.8, 4) is 0 Å². The molecule has 0 saturated heterocycles. The topological polar surface area (TPSA) is 93.1 Å². The normalized spacial score (nSPS) is 36.2. The molecule has 0 aromatic carbocycles. The molecular formula is C20H28O6. The molecule has 4 bridgehead atoms. The number of carbonyl (C=O) groups excluding carboxylic acids is 2. The van der Waals surface area contributed by atoms with E-state index in [4.69, 9.17) is 14.6 Å². The summed E-state index contributed by atoms with van der Waals surface area (Å²) < 4.78 is 9.87. The Morgan fingerprint density at radius 2 is 1.73 bits per heavy atom. The Balaban J connectivity index is 1.64. The van der Waals surface area contributed by atoms with Crippen molar-refractivity contribution in [1.29, 1.82) is 0 Å². The molecule has 4 aliphatic rings. The Kier molecular flexibility index (Phi) is 5.26. The van der Waals surface area contributed by atoms with Crippen LogP contribution in [-0.4, -0.2) is 41.0 Å². The van der Waals surface area contributed by atoms with E-state index in [1.165, 1.54) is 13.3 Å². The Hall–Kier alpha value is -1.66. The van der Waals surface area contributed by atoms with Crippen molar-refractivity contribution < 1.29 is 29.3 Å². The number of aliphatic hydroxyl groups is 2. The molecule has 2 atom stereocenters. The maximum absolute atomic E-state index is 12.3. The maximum atomic E-state index is 12.3. The predicted molar refractivity (Wildman–Crippen MR) is 93.7 cm³/mol. The number of esters is 2. The molecular weight excluding hydrogens is 336 g/mol. The van der Waals surface area contributed by atoms with Gasteiger partial charge in [-0.2, -0.15) is 0 Å². The van der Waals surface area contributed by atoms with Gasteiger partial charge in [-0.25, -0.2) is 9.59 Å². The van der Waals surface area contributed by atoms with E-state index in [1.54, 1.807) is 6.92 Å². The summed E-state index contributed by atoms with van der Waals surface area (Å²) in [6.45, 7) is 2.86. The maximum Gasteiger partial charge on any atom is 0.338 e. The number of aliphatic hydroxyl groups excluding tert-OH is 1. The molecule has 0 aromatic heterocycles. The summed E-state index contributed by atoms with van der Waals surface area (Å²) in [5.74, 6) is -0.0339. The van der Waals surface area contributed by atoms with Gasteiger partial charge in [-0.15, -0.1) is 0 Å². The molecule has 0 heterocycles. The second kappa shape index (κ2) is 7.16. The minimum Gasteiger partial charge on any atom is -0.460 e. The van der Waals surface area contributed by atoms with Crippen LogP contribution in [0.3, 0.4) is 0 Å². The lowest BCUT2D eigenvalue weighted by Gasteiger charge is -2.59. The lowest BCUT2D eigenvalue weighted by Crippen LogP contribution is -2.55. The second-order valence-corrected chi connectivity index (χ2v) is 8.44. The quantitative estimate of drug-likeness (QED) is 0.427. The fourth-order valence-electron chi connectivity index (χ4n) is 5.51. The van der Waals surface area contributed by atoms with Gasteiger partial charge in [-0.05, 0) is 69.6 Å². The standard InChI is InChI=1S/C20H28O6/c1-13(17(22)26-11-14(2)18(23)25-4-3-21)6-19-7-15-5-16(8-19)10-20(24,9-15)12-19/h6,11,15-16,21,24H,3-5,7-10,12H2,1-2H3/b13-6+,14-11+. The van der Waals surface area contributed by atoms with Gasteiger partial charge in [0.2, 0.25) is 0 Å². The largest absolute Gasteiger partial charge is 0.460 e. The highest BCUT2D eigenvalue weighted by Gasteiger charge is 2.56. The molecule has 6 heteroatoms. The molecule has 0 aromatic rings. The Morgan fingerprint density at radius 3 is 2.31 bits per heavy atom. The van der Waals surface area contributed by atoms with Crippen LogP contribution in [0.2, 0.25) is 0 Å². The highest BCUT2D eigenvalue weighted by molar-refractivity contribution is 5.90. The molecule has 4 fully saturated rings. The zero-order valence-corrected chi connectivity index (χ0v) is 15.5. The van der Waals surface area contributed by atoms with Crippen molar-refractivity contribution in [1.82, 2.24) is 0 Å². The van der Waals surface area contributed by atoms with E-state index in [-0.39, 0.29) is 24.2 Å². The van der Waals surface area contributed by atoms with Gasteiger partial charge in [0.1, 0.15) is 12.9 Å². The van der Waals surface area contributed by atoms with Crippen LogP contribution in [0.25, 0.3) is 0 Å². The third-order valence-electron chi connectivity index (χ3n) is 5.91. The average molecular weight is 364 g/mol. The summed E-state index contributed by atoms with van der Waals surface area (Å²) in [5.41, 5.74) is -0.0228. The fraction of sp³-hybridized carbons (Fsp3) is 0.700. The van der Waals surface area contributed by atoms with Crippen LogP contribution in [0.5, 0.6) is 0 Å². The first-order valence-corrected chi connectivity index (χ1v) is 9.32. The molecule has 144 valence electrons. The van der Waals surface area contributed by atoms with Gasteiger partial charge < -0.3 is 19.7 Å². The van der Waals surface area contributed by atoms with Crippen LogP contribution in [0, 0.1) is 17.3 Å². The van der Waals surface area contributed by atoms with Crippen LogP contribution in [0.4, 0.5) is 0 Å². The molecule has 2 unspecified atom stereocenters. The zero-order chi connectivity index (χ0) is 18.9. The molecule has 26 heavy (non-hydrogen) atoms. The Labute approximate surface area is 153 Å². The first-order chi connectivity index (χ1) is 12.2. The Bertz CT molecular complexity index is 633. The number of carbonyl (C=O) groups is 2. The highest BCUT2D eigenvalue weighted by atomic mass is 16.5. The summed E-state index contributed by atoms with van der Waals surface area (Å²) in [4.78, 5) is 23.9. The van der Waals surface area contributed by atoms with Crippen LogP contribution in [0.15, 0.2) is 23.5 Å². The van der Waals surface area contributed by atoms with Gasteiger partial charge in [-0.3, -0.25) is 0 Å².